The van der Waals surface area contributed by atoms with Crippen LogP contribution in [0.15, 0.2) is 0 Å². The predicted molar refractivity (Wildman–Crippen MR) is 86.8 cm³/mol. The molecule has 6 heteroatoms. The van der Waals surface area contributed by atoms with Crippen LogP contribution in [-0.4, -0.2) is 25.3 Å². The lowest BCUT2D eigenvalue weighted by atomic mass is 10.1. The summed E-state index contributed by atoms with van der Waals surface area (Å²) >= 11 is 4.20. The summed E-state index contributed by atoms with van der Waals surface area (Å²) in [5.74, 6) is 1.01. The standard InChI is InChI=1S/C14H30O4S2/c15-20(16,17)18-13-11-9-7-5-3-1-2-4-6-8-10-12-14-19/h19H,1-14H2,(H,15,16,17). The van der Waals surface area contributed by atoms with Gasteiger partial charge in [0.15, 0.2) is 0 Å². The third kappa shape index (κ3) is 18.2. The number of rotatable bonds is 15. The molecule has 0 atom stereocenters. The van der Waals surface area contributed by atoms with Gasteiger partial charge in [-0.1, -0.05) is 64.2 Å². The minimum atomic E-state index is -4.24. The summed E-state index contributed by atoms with van der Waals surface area (Å²) in [6.45, 7) is 0.0884. The third-order valence-corrected chi connectivity index (χ3v) is 4.07. The summed E-state index contributed by atoms with van der Waals surface area (Å²) in [5, 5.41) is 0. The van der Waals surface area contributed by atoms with Crippen molar-refractivity contribution in [3.63, 3.8) is 0 Å². The first kappa shape index (κ1) is 20.2. The van der Waals surface area contributed by atoms with Crippen LogP contribution in [0.25, 0.3) is 0 Å². The van der Waals surface area contributed by atoms with E-state index < -0.39 is 10.4 Å². The smallest absolute Gasteiger partial charge is 0.264 e. The lowest BCUT2D eigenvalue weighted by molar-refractivity contribution is 0.261. The fourth-order valence-electron chi connectivity index (χ4n) is 2.15. The highest BCUT2D eigenvalue weighted by atomic mass is 32.3. The van der Waals surface area contributed by atoms with Gasteiger partial charge in [-0.05, 0) is 18.6 Å². The van der Waals surface area contributed by atoms with E-state index in [-0.39, 0.29) is 6.61 Å². The van der Waals surface area contributed by atoms with Gasteiger partial charge in [-0.25, -0.2) is 4.18 Å². The van der Waals surface area contributed by atoms with Crippen molar-refractivity contribution in [2.45, 2.75) is 77.0 Å². The van der Waals surface area contributed by atoms with E-state index in [4.69, 9.17) is 4.55 Å². The van der Waals surface area contributed by atoms with Gasteiger partial charge in [-0.15, -0.1) is 0 Å². The molecule has 0 aromatic carbocycles. The average Bonchev–Trinajstić information content (AvgIpc) is 2.38. The van der Waals surface area contributed by atoms with E-state index in [0.717, 1.165) is 18.6 Å². The second-order valence-corrected chi connectivity index (χ2v) is 6.75. The van der Waals surface area contributed by atoms with Crippen molar-refractivity contribution < 1.29 is 17.2 Å². The molecule has 0 heterocycles. The Morgan fingerprint density at radius 1 is 0.700 bits per heavy atom. The summed E-state index contributed by atoms with van der Waals surface area (Å²) in [6.07, 6.45) is 14.4. The molecule has 0 fully saturated rings. The molecule has 0 bridgehead atoms. The molecule has 122 valence electrons. The molecule has 0 saturated carbocycles. The van der Waals surface area contributed by atoms with Crippen molar-refractivity contribution in [1.29, 1.82) is 0 Å². The minimum absolute atomic E-state index is 0.0884. The molecule has 4 nitrogen and oxygen atoms in total. The van der Waals surface area contributed by atoms with Crippen molar-refractivity contribution in [1.82, 2.24) is 0 Å². The summed E-state index contributed by atoms with van der Waals surface area (Å²) < 4.78 is 33.2. The van der Waals surface area contributed by atoms with Gasteiger partial charge in [0.1, 0.15) is 0 Å². The van der Waals surface area contributed by atoms with E-state index in [1.165, 1.54) is 57.8 Å². The molecule has 0 unspecified atom stereocenters. The van der Waals surface area contributed by atoms with E-state index in [0.29, 0.717) is 6.42 Å². The first-order valence-corrected chi connectivity index (χ1v) is 9.79. The molecule has 0 aromatic heterocycles. The minimum Gasteiger partial charge on any atom is -0.264 e. The van der Waals surface area contributed by atoms with Gasteiger partial charge in [-0.3, -0.25) is 4.55 Å². The quantitative estimate of drug-likeness (QED) is 0.266. The maximum Gasteiger partial charge on any atom is 0.397 e. The molecule has 0 aliphatic rings. The molecule has 0 spiro atoms. The fourth-order valence-corrected chi connectivity index (χ4v) is 2.70. The largest absolute Gasteiger partial charge is 0.397 e. The SMILES string of the molecule is O=S(=O)(O)OCCCCCCCCCCCCCCS. The number of unbranched alkanes of at least 4 members (excludes halogenated alkanes) is 11. The zero-order valence-electron chi connectivity index (χ0n) is 12.4. The fraction of sp³-hybridized carbons (Fsp3) is 1.00. The van der Waals surface area contributed by atoms with E-state index in [9.17, 15) is 8.42 Å². The zero-order valence-corrected chi connectivity index (χ0v) is 14.1. The molecule has 0 aliphatic carbocycles. The molecule has 1 N–H and O–H groups in total. The van der Waals surface area contributed by atoms with Crippen molar-refractivity contribution in [2.24, 2.45) is 0 Å². The Hall–Kier alpha value is 0.220. The normalized spacial score (nSPS) is 11.9. The van der Waals surface area contributed by atoms with Crippen LogP contribution < -0.4 is 0 Å². The molecule has 0 rings (SSSR count). The topological polar surface area (TPSA) is 63.6 Å². The van der Waals surface area contributed by atoms with Gasteiger partial charge in [0.25, 0.3) is 0 Å². The molecule has 0 saturated heterocycles. The van der Waals surface area contributed by atoms with Crippen molar-refractivity contribution >= 4 is 23.0 Å². The Bertz CT molecular complexity index is 292. The van der Waals surface area contributed by atoms with Gasteiger partial charge in [0.05, 0.1) is 6.61 Å². The van der Waals surface area contributed by atoms with Crippen molar-refractivity contribution in [3.8, 4) is 0 Å². The number of thiol groups is 1. The maximum absolute atomic E-state index is 10.3. The van der Waals surface area contributed by atoms with Crippen LogP contribution in [0.1, 0.15) is 77.0 Å². The van der Waals surface area contributed by atoms with Crippen molar-refractivity contribution in [2.75, 3.05) is 12.4 Å². The second kappa shape index (κ2) is 14.2. The molecule has 20 heavy (non-hydrogen) atoms. The Morgan fingerprint density at radius 3 is 1.40 bits per heavy atom. The Balaban J connectivity index is 3.03. The Morgan fingerprint density at radius 2 is 1.05 bits per heavy atom. The molecule has 0 aliphatic heterocycles. The van der Waals surface area contributed by atoms with E-state index in [1.54, 1.807) is 0 Å². The monoisotopic (exact) mass is 326 g/mol. The van der Waals surface area contributed by atoms with Gasteiger partial charge in [-0.2, -0.15) is 21.0 Å². The third-order valence-electron chi connectivity index (χ3n) is 3.28. The number of hydrogen-bond donors (Lipinski definition) is 2. The zero-order chi connectivity index (χ0) is 15.1. The molecule has 0 radical (unpaired) electrons. The molecular weight excluding hydrogens is 296 g/mol. The lowest BCUT2D eigenvalue weighted by Crippen LogP contribution is -2.04. The van der Waals surface area contributed by atoms with Crippen LogP contribution >= 0.6 is 12.6 Å². The van der Waals surface area contributed by atoms with E-state index in [1.807, 2.05) is 0 Å². The van der Waals surface area contributed by atoms with Crippen LogP contribution in [0.5, 0.6) is 0 Å². The highest BCUT2D eigenvalue weighted by Crippen LogP contribution is 2.12. The summed E-state index contributed by atoms with van der Waals surface area (Å²) in [6, 6.07) is 0. The van der Waals surface area contributed by atoms with E-state index >= 15 is 0 Å². The Labute approximate surface area is 130 Å². The van der Waals surface area contributed by atoms with E-state index in [2.05, 4.69) is 16.8 Å². The highest BCUT2D eigenvalue weighted by Gasteiger charge is 2.02. The van der Waals surface area contributed by atoms with Crippen LogP contribution in [0.3, 0.4) is 0 Å². The van der Waals surface area contributed by atoms with Gasteiger partial charge in [0.2, 0.25) is 0 Å². The molecular formula is C14H30O4S2. The van der Waals surface area contributed by atoms with Gasteiger partial charge >= 0.3 is 10.4 Å². The first-order chi connectivity index (χ1) is 9.56. The van der Waals surface area contributed by atoms with Crippen LogP contribution in [0, 0.1) is 0 Å². The number of hydrogen-bond acceptors (Lipinski definition) is 4. The lowest BCUT2D eigenvalue weighted by Gasteiger charge is -2.03. The summed E-state index contributed by atoms with van der Waals surface area (Å²) in [5.41, 5.74) is 0. The van der Waals surface area contributed by atoms with Crippen LogP contribution in [0.4, 0.5) is 0 Å². The van der Waals surface area contributed by atoms with Gasteiger partial charge < -0.3 is 0 Å². The van der Waals surface area contributed by atoms with Crippen LogP contribution in [0.2, 0.25) is 0 Å². The van der Waals surface area contributed by atoms with Gasteiger partial charge in [0, 0.05) is 0 Å². The second-order valence-electron chi connectivity index (χ2n) is 5.22. The summed E-state index contributed by atoms with van der Waals surface area (Å²) in [7, 11) is -4.24. The molecule has 0 amide bonds. The summed E-state index contributed by atoms with van der Waals surface area (Å²) in [4.78, 5) is 0. The van der Waals surface area contributed by atoms with Crippen LogP contribution in [-0.2, 0) is 14.6 Å². The Kier molecular flexibility index (Phi) is 14.3. The predicted octanol–water partition coefficient (Wildman–Crippen LogP) is 4.42. The first-order valence-electron chi connectivity index (χ1n) is 7.79. The highest BCUT2D eigenvalue weighted by molar-refractivity contribution is 7.80. The van der Waals surface area contributed by atoms with Crippen molar-refractivity contribution in [3.05, 3.63) is 0 Å². The maximum atomic E-state index is 10.3. The average molecular weight is 327 g/mol. The molecule has 0 aromatic rings.